The Balaban J connectivity index is 1.46. The summed E-state index contributed by atoms with van der Waals surface area (Å²) < 4.78 is 5.44. The smallest absolute Gasteiger partial charge is 0.251 e. The quantitative estimate of drug-likeness (QED) is 0.768. The average molecular weight is 268 g/mol. The molecule has 3 fully saturated rings. The van der Waals surface area contributed by atoms with Crippen LogP contribution in [0.3, 0.4) is 0 Å². The van der Waals surface area contributed by atoms with Gasteiger partial charge in [0.15, 0.2) is 0 Å². The van der Waals surface area contributed by atoms with E-state index in [1.54, 1.807) is 0 Å². The van der Waals surface area contributed by atoms with E-state index in [0.717, 1.165) is 12.8 Å². The number of likely N-dealkylation sites (tertiary alicyclic amines) is 1. The van der Waals surface area contributed by atoms with Crippen LogP contribution in [0.5, 0.6) is 0 Å². The standard InChI is InChI=1S/C14H24N2O3/c17-13(12-2-1-9-19-12)16-7-5-14(18,6-8-16)10-15-11-3-4-11/h11-12,15,18H,1-10H2. The number of aliphatic hydroxyl groups is 1. The lowest BCUT2D eigenvalue weighted by Crippen LogP contribution is -2.53. The van der Waals surface area contributed by atoms with Crippen molar-refractivity contribution in [3.05, 3.63) is 0 Å². The Morgan fingerprint density at radius 3 is 2.63 bits per heavy atom. The van der Waals surface area contributed by atoms with E-state index >= 15 is 0 Å². The fourth-order valence-corrected chi connectivity index (χ4v) is 2.92. The molecule has 0 spiro atoms. The van der Waals surface area contributed by atoms with Crippen LogP contribution in [0.2, 0.25) is 0 Å². The summed E-state index contributed by atoms with van der Waals surface area (Å²) in [5.41, 5.74) is -0.629. The first-order chi connectivity index (χ1) is 9.16. The van der Waals surface area contributed by atoms with Gasteiger partial charge in [-0.1, -0.05) is 0 Å². The molecule has 3 rings (SSSR count). The second-order valence-corrected chi connectivity index (χ2v) is 6.21. The van der Waals surface area contributed by atoms with Crippen molar-refractivity contribution in [3.63, 3.8) is 0 Å². The van der Waals surface area contributed by atoms with Crippen LogP contribution in [-0.4, -0.2) is 59.9 Å². The molecule has 1 unspecified atom stereocenters. The molecule has 0 bridgehead atoms. The average Bonchev–Trinajstić information content (AvgIpc) is 3.09. The van der Waals surface area contributed by atoms with Crippen LogP contribution in [-0.2, 0) is 9.53 Å². The fraction of sp³-hybridized carbons (Fsp3) is 0.929. The van der Waals surface area contributed by atoms with E-state index in [1.165, 1.54) is 12.8 Å². The van der Waals surface area contributed by atoms with Gasteiger partial charge in [0, 0.05) is 32.3 Å². The van der Waals surface area contributed by atoms with Crippen LogP contribution in [0.25, 0.3) is 0 Å². The van der Waals surface area contributed by atoms with Gasteiger partial charge in [0.05, 0.1) is 5.60 Å². The van der Waals surface area contributed by atoms with E-state index < -0.39 is 5.60 Å². The number of amides is 1. The van der Waals surface area contributed by atoms with Gasteiger partial charge in [-0.25, -0.2) is 0 Å². The van der Waals surface area contributed by atoms with E-state index in [0.29, 0.717) is 45.1 Å². The van der Waals surface area contributed by atoms with Gasteiger partial charge in [-0.3, -0.25) is 4.79 Å². The highest BCUT2D eigenvalue weighted by Gasteiger charge is 2.37. The Bertz CT molecular complexity index is 330. The Morgan fingerprint density at radius 2 is 2.05 bits per heavy atom. The lowest BCUT2D eigenvalue weighted by Gasteiger charge is -2.39. The zero-order chi connectivity index (χ0) is 13.3. The molecule has 19 heavy (non-hydrogen) atoms. The third kappa shape index (κ3) is 3.27. The Morgan fingerprint density at radius 1 is 1.32 bits per heavy atom. The minimum Gasteiger partial charge on any atom is -0.388 e. The summed E-state index contributed by atoms with van der Waals surface area (Å²) >= 11 is 0. The molecule has 108 valence electrons. The first kappa shape index (κ1) is 13.3. The van der Waals surface area contributed by atoms with Gasteiger partial charge in [-0.05, 0) is 38.5 Å². The zero-order valence-corrected chi connectivity index (χ0v) is 11.4. The van der Waals surface area contributed by atoms with Crippen molar-refractivity contribution < 1.29 is 14.6 Å². The molecule has 5 nitrogen and oxygen atoms in total. The van der Waals surface area contributed by atoms with Crippen LogP contribution >= 0.6 is 0 Å². The number of ether oxygens (including phenoxy) is 1. The SMILES string of the molecule is O=C(C1CCCO1)N1CCC(O)(CNC2CC2)CC1. The maximum atomic E-state index is 12.2. The minimum absolute atomic E-state index is 0.120. The van der Waals surface area contributed by atoms with Gasteiger partial charge >= 0.3 is 0 Å². The van der Waals surface area contributed by atoms with Crippen LogP contribution in [0.1, 0.15) is 38.5 Å². The molecule has 1 saturated carbocycles. The number of carbonyl (C=O) groups is 1. The number of piperidine rings is 1. The number of carbonyl (C=O) groups excluding carboxylic acids is 1. The maximum Gasteiger partial charge on any atom is 0.251 e. The lowest BCUT2D eigenvalue weighted by molar-refractivity contribution is -0.145. The largest absolute Gasteiger partial charge is 0.388 e. The summed E-state index contributed by atoms with van der Waals surface area (Å²) in [5, 5.41) is 13.9. The molecule has 0 aromatic heterocycles. The summed E-state index contributed by atoms with van der Waals surface area (Å²) in [6.45, 7) is 2.68. The molecule has 5 heteroatoms. The number of hydrogen-bond donors (Lipinski definition) is 2. The molecule has 3 aliphatic rings. The van der Waals surface area contributed by atoms with Gasteiger partial charge < -0.3 is 20.1 Å². The Labute approximate surface area is 114 Å². The molecule has 0 aromatic rings. The highest BCUT2D eigenvalue weighted by Crippen LogP contribution is 2.26. The zero-order valence-electron chi connectivity index (χ0n) is 11.4. The van der Waals surface area contributed by atoms with Crippen LogP contribution < -0.4 is 5.32 Å². The molecule has 1 aliphatic carbocycles. The van der Waals surface area contributed by atoms with Crippen molar-refractivity contribution in [2.45, 2.75) is 56.3 Å². The summed E-state index contributed by atoms with van der Waals surface area (Å²) in [7, 11) is 0. The van der Waals surface area contributed by atoms with Crippen LogP contribution in [0, 0.1) is 0 Å². The summed E-state index contributed by atoms with van der Waals surface area (Å²) in [4.78, 5) is 14.1. The highest BCUT2D eigenvalue weighted by molar-refractivity contribution is 5.81. The second kappa shape index (κ2) is 5.38. The van der Waals surface area contributed by atoms with E-state index in [9.17, 15) is 9.90 Å². The van der Waals surface area contributed by atoms with Gasteiger partial charge in [0.25, 0.3) is 5.91 Å². The van der Waals surface area contributed by atoms with Crippen LogP contribution in [0.4, 0.5) is 0 Å². The van der Waals surface area contributed by atoms with Gasteiger partial charge in [-0.15, -0.1) is 0 Å². The predicted molar refractivity (Wildman–Crippen MR) is 70.8 cm³/mol. The van der Waals surface area contributed by atoms with E-state index in [2.05, 4.69) is 5.32 Å². The van der Waals surface area contributed by atoms with E-state index in [-0.39, 0.29) is 12.0 Å². The van der Waals surface area contributed by atoms with Gasteiger partial charge in [-0.2, -0.15) is 0 Å². The van der Waals surface area contributed by atoms with Gasteiger partial charge in [0.2, 0.25) is 0 Å². The van der Waals surface area contributed by atoms with Crippen LogP contribution in [0.15, 0.2) is 0 Å². The first-order valence-electron chi connectivity index (χ1n) is 7.52. The van der Waals surface area contributed by atoms with Crippen molar-refractivity contribution in [1.82, 2.24) is 10.2 Å². The number of nitrogens with one attached hydrogen (secondary N) is 1. The van der Waals surface area contributed by atoms with Crippen molar-refractivity contribution in [2.75, 3.05) is 26.2 Å². The third-order valence-electron chi connectivity index (χ3n) is 4.51. The molecule has 2 N–H and O–H groups in total. The molecular weight excluding hydrogens is 244 g/mol. The highest BCUT2D eigenvalue weighted by atomic mass is 16.5. The molecule has 2 heterocycles. The lowest BCUT2D eigenvalue weighted by atomic mass is 9.91. The minimum atomic E-state index is -0.629. The normalized spacial score (nSPS) is 30.6. The summed E-state index contributed by atoms with van der Waals surface area (Å²) in [6.07, 6.45) is 5.42. The number of hydrogen-bond acceptors (Lipinski definition) is 4. The molecule has 0 radical (unpaired) electrons. The monoisotopic (exact) mass is 268 g/mol. The van der Waals surface area contributed by atoms with Crippen molar-refractivity contribution in [1.29, 1.82) is 0 Å². The van der Waals surface area contributed by atoms with Crippen molar-refractivity contribution >= 4 is 5.91 Å². The van der Waals surface area contributed by atoms with E-state index in [4.69, 9.17) is 4.74 Å². The Kier molecular flexibility index (Phi) is 3.78. The fourth-order valence-electron chi connectivity index (χ4n) is 2.92. The Hall–Kier alpha value is -0.650. The molecule has 1 amide bonds. The topological polar surface area (TPSA) is 61.8 Å². The van der Waals surface area contributed by atoms with Crippen molar-refractivity contribution in [2.24, 2.45) is 0 Å². The van der Waals surface area contributed by atoms with Gasteiger partial charge in [0.1, 0.15) is 6.10 Å². The molecule has 0 aromatic carbocycles. The number of nitrogens with zero attached hydrogens (tertiary/aromatic N) is 1. The molecule has 2 aliphatic heterocycles. The molecular formula is C14H24N2O3. The molecule has 1 atom stereocenters. The second-order valence-electron chi connectivity index (χ2n) is 6.21. The van der Waals surface area contributed by atoms with Crippen molar-refractivity contribution in [3.8, 4) is 0 Å². The first-order valence-corrected chi connectivity index (χ1v) is 7.52. The maximum absolute atomic E-state index is 12.2. The van der Waals surface area contributed by atoms with E-state index in [1.807, 2.05) is 4.90 Å². The third-order valence-corrected chi connectivity index (χ3v) is 4.51. The summed E-state index contributed by atoms with van der Waals surface area (Å²) in [5.74, 6) is 0.120. The number of rotatable bonds is 4. The molecule has 2 saturated heterocycles. The predicted octanol–water partition coefficient (Wildman–Crippen LogP) is 0.271. The summed E-state index contributed by atoms with van der Waals surface area (Å²) in [6, 6.07) is 0.621.